The first-order chi connectivity index (χ1) is 12.6. The maximum Gasteiger partial charge on any atom is 0.227 e. The Kier molecular flexibility index (Phi) is 5.08. The van der Waals surface area contributed by atoms with Crippen molar-refractivity contribution in [1.29, 1.82) is 0 Å². The van der Waals surface area contributed by atoms with E-state index in [-0.39, 0.29) is 11.8 Å². The van der Waals surface area contributed by atoms with Crippen molar-refractivity contribution in [3.63, 3.8) is 0 Å². The number of carbonyl (C=O) groups excluding carboxylic acids is 1. The third-order valence-electron chi connectivity index (χ3n) is 6.24. The highest BCUT2D eigenvalue weighted by Gasteiger charge is 2.57. The third-order valence-corrected chi connectivity index (χ3v) is 10.3. The molecule has 2 unspecified atom stereocenters. The Labute approximate surface area is 164 Å². The van der Waals surface area contributed by atoms with E-state index in [1.54, 1.807) is 14.2 Å². The van der Waals surface area contributed by atoms with Gasteiger partial charge in [-0.3, -0.25) is 4.79 Å². The molecular formula is C20H27NO3S2. The van der Waals surface area contributed by atoms with Gasteiger partial charge in [0.15, 0.2) is 11.5 Å². The second-order valence-corrected chi connectivity index (χ2v) is 10.6. The standard InChI is InChI=1S/C20H27NO3S2/c1-12-8-17(23-2)18(24-3)11-16(12)21-19(22)13-9-14-4-5-15(10-13)20(14)25-6-7-26-20/h8,11,13-15H,4-7,9-10H2,1-3H3,(H,21,22). The van der Waals surface area contributed by atoms with Gasteiger partial charge < -0.3 is 14.8 Å². The van der Waals surface area contributed by atoms with Crippen LogP contribution in [0.1, 0.15) is 31.2 Å². The molecule has 26 heavy (non-hydrogen) atoms. The highest BCUT2D eigenvalue weighted by atomic mass is 32.2. The van der Waals surface area contributed by atoms with Crippen molar-refractivity contribution in [2.24, 2.45) is 17.8 Å². The van der Waals surface area contributed by atoms with Crippen LogP contribution < -0.4 is 14.8 Å². The summed E-state index contributed by atoms with van der Waals surface area (Å²) >= 11 is 4.35. The maximum absolute atomic E-state index is 13.0. The zero-order valence-corrected chi connectivity index (χ0v) is 17.3. The van der Waals surface area contributed by atoms with Crippen LogP contribution in [0, 0.1) is 24.7 Å². The average molecular weight is 394 g/mol. The number of thioether (sulfide) groups is 2. The van der Waals surface area contributed by atoms with E-state index in [2.05, 4.69) is 28.8 Å². The maximum atomic E-state index is 13.0. The first-order valence-electron chi connectivity index (χ1n) is 9.38. The minimum Gasteiger partial charge on any atom is -0.493 e. The van der Waals surface area contributed by atoms with Gasteiger partial charge in [0.25, 0.3) is 0 Å². The molecule has 3 fully saturated rings. The number of amides is 1. The van der Waals surface area contributed by atoms with Crippen LogP contribution in [-0.2, 0) is 4.79 Å². The van der Waals surface area contributed by atoms with E-state index < -0.39 is 0 Å². The van der Waals surface area contributed by atoms with Crippen LogP contribution in [-0.4, -0.2) is 35.7 Å². The van der Waals surface area contributed by atoms with E-state index in [1.165, 1.54) is 24.3 Å². The van der Waals surface area contributed by atoms with Crippen molar-refractivity contribution in [3.05, 3.63) is 17.7 Å². The quantitative estimate of drug-likeness (QED) is 0.812. The molecule has 1 N–H and O–H groups in total. The summed E-state index contributed by atoms with van der Waals surface area (Å²) in [5.74, 6) is 5.58. The van der Waals surface area contributed by atoms with Crippen molar-refractivity contribution in [1.82, 2.24) is 0 Å². The Balaban J connectivity index is 1.48. The van der Waals surface area contributed by atoms with E-state index in [0.29, 0.717) is 27.4 Å². The number of carbonyl (C=O) groups is 1. The lowest BCUT2D eigenvalue weighted by molar-refractivity contribution is -0.121. The zero-order chi connectivity index (χ0) is 18.3. The van der Waals surface area contributed by atoms with E-state index in [1.807, 2.05) is 19.1 Å². The molecule has 4 rings (SSSR count). The van der Waals surface area contributed by atoms with Crippen LogP contribution in [0.3, 0.4) is 0 Å². The number of hydrogen-bond acceptors (Lipinski definition) is 5. The van der Waals surface area contributed by atoms with Gasteiger partial charge in [0, 0.05) is 29.2 Å². The molecule has 3 aliphatic rings. The number of aryl methyl sites for hydroxylation is 1. The molecule has 1 aromatic carbocycles. The number of nitrogens with one attached hydrogen (secondary N) is 1. The van der Waals surface area contributed by atoms with Gasteiger partial charge in [-0.2, -0.15) is 0 Å². The molecule has 6 heteroatoms. The number of benzene rings is 1. The summed E-state index contributed by atoms with van der Waals surface area (Å²) in [5, 5.41) is 3.17. The highest BCUT2D eigenvalue weighted by molar-refractivity contribution is 8.21. The molecule has 0 aromatic heterocycles. The van der Waals surface area contributed by atoms with E-state index >= 15 is 0 Å². The number of ether oxygens (including phenoxy) is 2. The predicted molar refractivity (Wildman–Crippen MR) is 109 cm³/mol. The summed E-state index contributed by atoms with van der Waals surface area (Å²) in [4.78, 5) is 13.0. The minimum atomic E-state index is 0.132. The second-order valence-electron chi connectivity index (χ2n) is 7.57. The smallest absolute Gasteiger partial charge is 0.227 e. The largest absolute Gasteiger partial charge is 0.493 e. The first kappa shape index (κ1) is 18.4. The molecular weight excluding hydrogens is 366 g/mol. The van der Waals surface area contributed by atoms with Gasteiger partial charge in [-0.25, -0.2) is 0 Å². The Morgan fingerprint density at radius 1 is 1.08 bits per heavy atom. The van der Waals surface area contributed by atoms with Gasteiger partial charge in [-0.05, 0) is 56.1 Å². The Hall–Kier alpha value is -1.01. The molecule has 1 aliphatic heterocycles. The van der Waals surface area contributed by atoms with Gasteiger partial charge in [-0.15, -0.1) is 23.5 Å². The lowest BCUT2D eigenvalue weighted by atomic mass is 9.79. The van der Waals surface area contributed by atoms with E-state index in [9.17, 15) is 4.79 Å². The fourth-order valence-corrected chi connectivity index (χ4v) is 8.90. The van der Waals surface area contributed by atoms with Gasteiger partial charge in [0.05, 0.1) is 18.3 Å². The fraction of sp³-hybridized carbons (Fsp3) is 0.650. The van der Waals surface area contributed by atoms with Gasteiger partial charge in [0.1, 0.15) is 0 Å². The molecule has 0 radical (unpaired) electrons. The fourth-order valence-electron chi connectivity index (χ4n) is 4.97. The van der Waals surface area contributed by atoms with Crippen molar-refractivity contribution in [3.8, 4) is 11.5 Å². The molecule has 1 saturated heterocycles. The molecule has 1 aromatic rings. The summed E-state index contributed by atoms with van der Waals surface area (Å²) in [6, 6.07) is 3.79. The van der Waals surface area contributed by atoms with Gasteiger partial charge in [0.2, 0.25) is 5.91 Å². The summed E-state index contributed by atoms with van der Waals surface area (Å²) in [6.07, 6.45) is 4.66. The Morgan fingerprint density at radius 3 is 2.23 bits per heavy atom. The number of methoxy groups -OCH3 is 2. The highest BCUT2D eigenvalue weighted by Crippen LogP contribution is 2.65. The van der Waals surface area contributed by atoms with Crippen LogP contribution in [0.2, 0.25) is 0 Å². The first-order valence-corrected chi connectivity index (χ1v) is 11.4. The molecule has 2 saturated carbocycles. The van der Waals surface area contributed by atoms with Crippen LogP contribution >= 0.6 is 23.5 Å². The normalized spacial score (nSPS) is 29.0. The average Bonchev–Trinajstić information content (AvgIpc) is 3.18. The summed E-state index contributed by atoms with van der Waals surface area (Å²) < 4.78 is 11.2. The van der Waals surface area contributed by atoms with Crippen molar-refractivity contribution in [2.75, 3.05) is 31.0 Å². The number of hydrogen-bond donors (Lipinski definition) is 1. The molecule has 4 nitrogen and oxygen atoms in total. The minimum absolute atomic E-state index is 0.132. The summed E-state index contributed by atoms with van der Waals surface area (Å²) in [5.41, 5.74) is 1.82. The van der Waals surface area contributed by atoms with E-state index in [0.717, 1.165) is 24.1 Å². The Bertz CT molecular complexity index is 687. The third kappa shape index (κ3) is 2.99. The second kappa shape index (κ2) is 7.19. The van der Waals surface area contributed by atoms with Gasteiger partial charge >= 0.3 is 0 Å². The number of rotatable bonds is 4. The summed E-state index contributed by atoms with van der Waals surface area (Å²) in [6.45, 7) is 1.99. The SMILES string of the molecule is COc1cc(C)c(NC(=O)C2CC3CCC(C2)C32SCCS2)cc1OC. The lowest BCUT2D eigenvalue weighted by Crippen LogP contribution is -2.41. The Morgan fingerprint density at radius 2 is 1.65 bits per heavy atom. The molecule has 2 bridgehead atoms. The number of anilines is 1. The van der Waals surface area contributed by atoms with Crippen LogP contribution in [0.5, 0.6) is 11.5 Å². The van der Waals surface area contributed by atoms with Crippen LogP contribution in [0.4, 0.5) is 5.69 Å². The molecule has 1 heterocycles. The molecule has 2 atom stereocenters. The van der Waals surface area contributed by atoms with E-state index in [4.69, 9.17) is 9.47 Å². The van der Waals surface area contributed by atoms with Crippen molar-refractivity contribution < 1.29 is 14.3 Å². The predicted octanol–water partition coefficient (Wildman–Crippen LogP) is 4.56. The van der Waals surface area contributed by atoms with Crippen LogP contribution in [0.25, 0.3) is 0 Å². The topological polar surface area (TPSA) is 47.6 Å². The molecule has 142 valence electrons. The monoisotopic (exact) mass is 393 g/mol. The zero-order valence-electron chi connectivity index (χ0n) is 15.7. The molecule has 1 spiro atoms. The summed E-state index contributed by atoms with van der Waals surface area (Å²) in [7, 11) is 3.25. The molecule has 2 aliphatic carbocycles. The van der Waals surface area contributed by atoms with Crippen LogP contribution in [0.15, 0.2) is 12.1 Å². The van der Waals surface area contributed by atoms with Crippen molar-refractivity contribution in [2.45, 2.75) is 36.7 Å². The van der Waals surface area contributed by atoms with Gasteiger partial charge in [-0.1, -0.05) is 0 Å². The lowest BCUT2D eigenvalue weighted by Gasteiger charge is -2.42. The van der Waals surface area contributed by atoms with Crippen molar-refractivity contribution >= 4 is 35.1 Å². The molecule has 1 amide bonds.